The van der Waals surface area contributed by atoms with Crippen LogP contribution in [-0.2, 0) is 6.54 Å². The predicted octanol–water partition coefficient (Wildman–Crippen LogP) is 3.67. The molecule has 2 aromatic carbocycles. The van der Waals surface area contributed by atoms with E-state index in [0.29, 0.717) is 0 Å². The van der Waals surface area contributed by atoms with E-state index in [1.807, 2.05) is 49.2 Å². The Labute approximate surface area is 161 Å². The number of likely N-dealkylation sites (N-methyl/N-ethyl adjacent to an activating group) is 1. The maximum Gasteiger partial charge on any atom is 0.317 e. The average molecular weight is 367 g/mol. The molecule has 2 aromatic rings. The van der Waals surface area contributed by atoms with E-state index >= 15 is 0 Å². The molecule has 1 N–H and O–H groups in total. The van der Waals surface area contributed by atoms with Crippen LogP contribution < -0.4 is 10.1 Å². The second-order valence-electron chi connectivity index (χ2n) is 7.22. The molecule has 1 saturated heterocycles. The van der Waals surface area contributed by atoms with Gasteiger partial charge in [-0.25, -0.2) is 4.79 Å². The Morgan fingerprint density at radius 1 is 1.26 bits per heavy atom. The van der Waals surface area contributed by atoms with Crippen molar-refractivity contribution in [3.05, 3.63) is 65.7 Å². The summed E-state index contributed by atoms with van der Waals surface area (Å²) in [5.74, 6) is 0.800. The summed E-state index contributed by atoms with van der Waals surface area (Å²) >= 11 is 0. The van der Waals surface area contributed by atoms with Crippen LogP contribution in [0.4, 0.5) is 4.79 Å². The maximum absolute atomic E-state index is 12.7. The van der Waals surface area contributed by atoms with Gasteiger partial charge in [0.1, 0.15) is 5.75 Å². The van der Waals surface area contributed by atoms with Gasteiger partial charge in [-0.3, -0.25) is 4.90 Å². The zero-order valence-corrected chi connectivity index (χ0v) is 16.4. The van der Waals surface area contributed by atoms with Crippen molar-refractivity contribution in [2.45, 2.75) is 32.0 Å². The first-order valence-corrected chi connectivity index (χ1v) is 9.50. The van der Waals surface area contributed by atoms with E-state index in [-0.39, 0.29) is 18.1 Å². The SMILES string of the molecule is COc1cccc([C@@H](C)NC(=O)N(C)[C@@H]2CCN(Cc3ccccc3)C2)c1. The van der Waals surface area contributed by atoms with Crippen molar-refractivity contribution in [1.29, 1.82) is 0 Å². The molecule has 144 valence electrons. The molecule has 0 aromatic heterocycles. The molecule has 2 atom stereocenters. The molecule has 5 nitrogen and oxygen atoms in total. The van der Waals surface area contributed by atoms with Crippen LogP contribution in [0.2, 0.25) is 0 Å². The molecule has 0 spiro atoms. The van der Waals surface area contributed by atoms with Gasteiger partial charge in [0.2, 0.25) is 0 Å². The van der Waals surface area contributed by atoms with Gasteiger partial charge in [0.15, 0.2) is 0 Å². The summed E-state index contributed by atoms with van der Waals surface area (Å²) in [5.41, 5.74) is 2.35. The first-order valence-electron chi connectivity index (χ1n) is 9.50. The van der Waals surface area contributed by atoms with Gasteiger partial charge in [-0.2, -0.15) is 0 Å². The number of methoxy groups -OCH3 is 1. The zero-order chi connectivity index (χ0) is 19.2. The second-order valence-corrected chi connectivity index (χ2v) is 7.22. The van der Waals surface area contributed by atoms with Gasteiger partial charge in [-0.05, 0) is 36.6 Å². The van der Waals surface area contributed by atoms with Crippen molar-refractivity contribution in [3.8, 4) is 5.75 Å². The summed E-state index contributed by atoms with van der Waals surface area (Å²) < 4.78 is 5.27. The molecule has 1 fully saturated rings. The van der Waals surface area contributed by atoms with Crippen molar-refractivity contribution in [3.63, 3.8) is 0 Å². The lowest BCUT2D eigenvalue weighted by Gasteiger charge is -2.27. The van der Waals surface area contributed by atoms with E-state index in [1.165, 1.54) is 5.56 Å². The Bertz CT molecular complexity index is 750. The normalized spacial score (nSPS) is 18.1. The smallest absolute Gasteiger partial charge is 0.317 e. The quantitative estimate of drug-likeness (QED) is 0.847. The van der Waals surface area contributed by atoms with Crippen LogP contribution in [0.3, 0.4) is 0 Å². The highest BCUT2D eigenvalue weighted by Crippen LogP contribution is 2.21. The van der Waals surface area contributed by atoms with Gasteiger partial charge in [-0.1, -0.05) is 42.5 Å². The topological polar surface area (TPSA) is 44.8 Å². The summed E-state index contributed by atoms with van der Waals surface area (Å²) in [5, 5.41) is 3.10. The lowest BCUT2D eigenvalue weighted by Crippen LogP contribution is -2.45. The lowest BCUT2D eigenvalue weighted by atomic mass is 10.1. The van der Waals surface area contributed by atoms with Crippen LogP contribution in [0.1, 0.15) is 30.5 Å². The molecule has 1 heterocycles. The van der Waals surface area contributed by atoms with Crippen LogP contribution in [0.15, 0.2) is 54.6 Å². The number of nitrogens with zero attached hydrogens (tertiary/aromatic N) is 2. The molecule has 3 rings (SSSR count). The van der Waals surface area contributed by atoms with Crippen LogP contribution in [-0.4, -0.2) is 49.1 Å². The number of carbonyl (C=O) groups excluding carboxylic acids is 1. The summed E-state index contributed by atoms with van der Waals surface area (Å²) in [6.45, 7) is 4.86. The third kappa shape index (κ3) is 5.01. The zero-order valence-electron chi connectivity index (χ0n) is 16.4. The molecule has 2 amide bonds. The van der Waals surface area contributed by atoms with Gasteiger partial charge in [0, 0.05) is 32.7 Å². The molecule has 0 aliphatic carbocycles. The number of likely N-dealkylation sites (tertiary alicyclic amines) is 1. The highest BCUT2D eigenvalue weighted by molar-refractivity contribution is 5.74. The number of ether oxygens (including phenoxy) is 1. The van der Waals surface area contributed by atoms with Crippen molar-refractivity contribution < 1.29 is 9.53 Å². The van der Waals surface area contributed by atoms with E-state index in [9.17, 15) is 4.79 Å². The highest BCUT2D eigenvalue weighted by atomic mass is 16.5. The van der Waals surface area contributed by atoms with Crippen LogP contribution >= 0.6 is 0 Å². The molecule has 0 radical (unpaired) electrons. The number of hydrogen-bond donors (Lipinski definition) is 1. The lowest BCUT2D eigenvalue weighted by molar-refractivity contribution is 0.185. The van der Waals surface area contributed by atoms with Crippen molar-refractivity contribution >= 4 is 6.03 Å². The largest absolute Gasteiger partial charge is 0.497 e. The predicted molar refractivity (Wildman–Crippen MR) is 108 cm³/mol. The van der Waals surface area contributed by atoms with E-state index in [2.05, 4.69) is 34.5 Å². The molecule has 0 bridgehead atoms. The van der Waals surface area contributed by atoms with Gasteiger partial charge in [0.05, 0.1) is 13.2 Å². The molecular formula is C22H29N3O2. The minimum Gasteiger partial charge on any atom is -0.497 e. The summed E-state index contributed by atoms with van der Waals surface area (Å²) in [6, 6.07) is 18.4. The Balaban J connectivity index is 1.52. The first-order chi connectivity index (χ1) is 13.1. The van der Waals surface area contributed by atoms with E-state index < -0.39 is 0 Å². The monoisotopic (exact) mass is 367 g/mol. The van der Waals surface area contributed by atoms with Gasteiger partial charge >= 0.3 is 6.03 Å². The Hall–Kier alpha value is -2.53. The Morgan fingerprint density at radius 2 is 2.04 bits per heavy atom. The van der Waals surface area contributed by atoms with Gasteiger partial charge < -0.3 is 15.0 Å². The minimum absolute atomic E-state index is 0.0307. The summed E-state index contributed by atoms with van der Waals surface area (Å²) in [4.78, 5) is 17.0. The third-order valence-corrected chi connectivity index (χ3v) is 5.30. The fourth-order valence-corrected chi connectivity index (χ4v) is 3.56. The average Bonchev–Trinajstić information content (AvgIpc) is 3.16. The standard InChI is InChI=1S/C22H29N3O2/c1-17(19-10-7-11-21(14-19)27-3)23-22(26)24(2)20-12-13-25(16-20)15-18-8-5-4-6-9-18/h4-11,14,17,20H,12-13,15-16H2,1-3H3,(H,23,26)/t17-,20-/m1/s1. The van der Waals surface area contributed by atoms with Crippen molar-refractivity contribution in [2.24, 2.45) is 0 Å². The number of urea groups is 1. The van der Waals surface area contributed by atoms with Crippen LogP contribution in [0, 0.1) is 0 Å². The highest BCUT2D eigenvalue weighted by Gasteiger charge is 2.28. The number of amides is 2. The molecule has 27 heavy (non-hydrogen) atoms. The Kier molecular flexibility index (Phi) is 6.35. The number of benzene rings is 2. The van der Waals surface area contributed by atoms with Crippen LogP contribution in [0.5, 0.6) is 5.75 Å². The minimum atomic E-state index is -0.0723. The maximum atomic E-state index is 12.7. The molecule has 0 unspecified atom stereocenters. The van der Waals surface area contributed by atoms with E-state index in [0.717, 1.165) is 37.4 Å². The molecule has 5 heteroatoms. The first kappa shape index (κ1) is 19.2. The van der Waals surface area contributed by atoms with Crippen LogP contribution in [0.25, 0.3) is 0 Å². The van der Waals surface area contributed by atoms with Crippen molar-refractivity contribution in [1.82, 2.24) is 15.1 Å². The van der Waals surface area contributed by atoms with Gasteiger partial charge in [0.25, 0.3) is 0 Å². The Morgan fingerprint density at radius 3 is 2.78 bits per heavy atom. The summed E-state index contributed by atoms with van der Waals surface area (Å²) in [6.07, 6.45) is 1.00. The fraction of sp³-hybridized carbons (Fsp3) is 0.409. The number of rotatable bonds is 6. The second kappa shape index (κ2) is 8.91. The molecule has 0 saturated carbocycles. The number of carbonyl (C=O) groups is 1. The molecule has 1 aliphatic rings. The fourth-order valence-electron chi connectivity index (χ4n) is 3.56. The molecule has 1 aliphatic heterocycles. The third-order valence-electron chi connectivity index (χ3n) is 5.30. The van der Waals surface area contributed by atoms with Gasteiger partial charge in [-0.15, -0.1) is 0 Å². The van der Waals surface area contributed by atoms with E-state index in [4.69, 9.17) is 4.74 Å². The summed E-state index contributed by atoms with van der Waals surface area (Å²) in [7, 11) is 3.54. The van der Waals surface area contributed by atoms with Crippen molar-refractivity contribution in [2.75, 3.05) is 27.2 Å². The number of hydrogen-bond acceptors (Lipinski definition) is 3. The molecular weight excluding hydrogens is 338 g/mol. The van der Waals surface area contributed by atoms with E-state index in [1.54, 1.807) is 7.11 Å². The number of nitrogens with one attached hydrogen (secondary N) is 1.